The van der Waals surface area contributed by atoms with Gasteiger partial charge < -0.3 is 10.4 Å². The third-order valence-corrected chi connectivity index (χ3v) is 4.02. The van der Waals surface area contributed by atoms with Crippen molar-refractivity contribution in [3.05, 3.63) is 16.1 Å². The van der Waals surface area contributed by atoms with Gasteiger partial charge >= 0.3 is 0 Å². The summed E-state index contributed by atoms with van der Waals surface area (Å²) in [6.45, 7) is 12.2. The number of rotatable bonds is 7. The van der Waals surface area contributed by atoms with Crippen molar-refractivity contribution in [2.24, 2.45) is 5.41 Å². The first-order valence-electron chi connectivity index (χ1n) is 6.63. The van der Waals surface area contributed by atoms with Gasteiger partial charge in [-0.05, 0) is 18.8 Å². The molecule has 0 aliphatic heterocycles. The summed E-state index contributed by atoms with van der Waals surface area (Å²) in [6, 6.07) is 0. The highest BCUT2D eigenvalue weighted by Gasteiger charge is 2.19. The van der Waals surface area contributed by atoms with Crippen LogP contribution in [0.2, 0.25) is 0 Å². The van der Waals surface area contributed by atoms with Crippen molar-refractivity contribution in [3.8, 4) is 0 Å². The van der Waals surface area contributed by atoms with E-state index < -0.39 is 0 Å². The molecule has 0 radical (unpaired) electrons. The number of thiazole rings is 1. The van der Waals surface area contributed by atoms with E-state index in [4.69, 9.17) is 0 Å². The van der Waals surface area contributed by atoms with Crippen LogP contribution in [-0.2, 0) is 6.54 Å². The molecule has 0 saturated heterocycles. The Morgan fingerprint density at radius 1 is 1.39 bits per heavy atom. The monoisotopic (exact) mass is 270 g/mol. The molecular formula is C14H26N2OS. The molecular weight excluding hydrogens is 244 g/mol. The van der Waals surface area contributed by atoms with Crippen LogP contribution in [0.15, 0.2) is 5.38 Å². The highest BCUT2D eigenvalue weighted by Crippen LogP contribution is 2.22. The van der Waals surface area contributed by atoms with Gasteiger partial charge in [-0.2, -0.15) is 0 Å². The van der Waals surface area contributed by atoms with Crippen molar-refractivity contribution in [3.63, 3.8) is 0 Å². The molecule has 0 saturated carbocycles. The van der Waals surface area contributed by atoms with Gasteiger partial charge in [0.15, 0.2) is 0 Å². The largest absolute Gasteiger partial charge is 0.393 e. The molecule has 1 aromatic heterocycles. The molecule has 1 rings (SSSR count). The zero-order valence-corrected chi connectivity index (χ0v) is 13.0. The summed E-state index contributed by atoms with van der Waals surface area (Å²) in [5.41, 5.74) is 1.24. The topological polar surface area (TPSA) is 45.1 Å². The Balaban J connectivity index is 2.36. The Labute approximate surface area is 115 Å². The number of aromatic nitrogens is 1. The number of nitrogens with one attached hydrogen (secondary N) is 1. The molecule has 0 spiro atoms. The molecule has 1 heterocycles. The fourth-order valence-corrected chi connectivity index (χ4v) is 2.90. The number of nitrogens with zero attached hydrogens (tertiary/aromatic N) is 1. The zero-order chi connectivity index (χ0) is 13.8. The predicted octanol–water partition coefficient (Wildman–Crippen LogP) is 3.15. The minimum atomic E-state index is -0.242. The molecule has 2 N–H and O–H groups in total. The smallest absolute Gasteiger partial charge is 0.0954 e. The van der Waals surface area contributed by atoms with E-state index in [0.29, 0.717) is 5.92 Å². The lowest BCUT2D eigenvalue weighted by Crippen LogP contribution is -2.31. The molecule has 3 nitrogen and oxygen atoms in total. The molecule has 1 aromatic rings. The SMILES string of the molecule is CC(O)CC(C)(C)CNCc1csc(C(C)C)n1. The number of aliphatic hydroxyl groups is 1. The van der Waals surface area contributed by atoms with Crippen LogP contribution < -0.4 is 5.32 Å². The predicted molar refractivity (Wildman–Crippen MR) is 78.0 cm³/mol. The summed E-state index contributed by atoms with van der Waals surface area (Å²) in [7, 11) is 0. The van der Waals surface area contributed by atoms with Gasteiger partial charge in [-0.25, -0.2) is 4.98 Å². The first kappa shape index (κ1) is 15.6. The molecule has 18 heavy (non-hydrogen) atoms. The second kappa shape index (κ2) is 6.64. The fourth-order valence-electron chi connectivity index (χ4n) is 2.07. The van der Waals surface area contributed by atoms with Crippen LogP contribution in [0.4, 0.5) is 0 Å². The standard InChI is InChI=1S/C14H26N2OS/c1-10(2)13-16-12(8-18-13)7-15-9-14(4,5)6-11(3)17/h8,10-11,15,17H,6-7,9H2,1-5H3. The van der Waals surface area contributed by atoms with Crippen molar-refractivity contribution in [2.45, 2.75) is 59.6 Å². The van der Waals surface area contributed by atoms with Crippen molar-refractivity contribution in [2.75, 3.05) is 6.54 Å². The quantitative estimate of drug-likeness (QED) is 0.800. The van der Waals surface area contributed by atoms with Crippen LogP contribution in [0.5, 0.6) is 0 Å². The van der Waals surface area contributed by atoms with Crippen molar-refractivity contribution in [1.82, 2.24) is 10.3 Å². The maximum Gasteiger partial charge on any atom is 0.0954 e. The lowest BCUT2D eigenvalue weighted by Gasteiger charge is -2.26. The van der Waals surface area contributed by atoms with E-state index in [1.54, 1.807) is 11.3 Å². The fraction of sp³-hybridized carbons (Fsp3) is 0.786. The molecule has 4 heteroatoms. The van der Waals surface area contributed by atoms with Crippen LogP contribution in [-0.4, -0.2) is 22.7 Å². The highest BCUT2D eigenvalue weighted by atomic mass is 32.1. The average Bonchev–Trinajstić information content (AvgIpc) is 2.63. The minimum absolute atomic E-state index is 0.116. The molecule has 0 amide bonds. The van der Waals surface area contributed by atoms with Crippen molar-refractivity contribution >= 4 is 11.3 Å². The number of hydrogen-bond acceptors (Lipinski definition) is 4. The van der Waals surface area contributed by atoms with E-state index in [1.165, 1.54) is 5.01 Å². The number of hydrogen-bond donors (Lipinski definition) is 2. The summed E-state index contributed by atoms with van der Waals surface area (Å²) >= 11 is 1.74. The Morgan fingerprint density at radius 2 is 2.06 bits per heavy atom. The molecule has 1 unspecified atom stereocenters. The Kier molecular flexibility index (Phi) is 5.76. The molecule has 0 bridgehead atoms. The van der Waals surface area contributed by atoms with Crippen molar-refractivity contribution in [1.29, 1.82) is 0 Å². The van der Waals surface area contributed by atoms with Crippen LogP contribution in [0.3, 0.4) is 0 Å². The molecule has 0 aromatic carbocycles. The van der Waals surface area contributed by atoms with E-state index in [2.05, 4.69) is 43.4 Å². The number of aliphatic hydroxyl groups excluding tert-OH is 1. The maximum atomic E-state index is 9.43. The summed E-state index contributed by atoms with van der Waals surface area (Å²) in [5.74, 6) is 0.510. The Bertz CT molecular complexity index is 358. The van der Waals surface area contributed by atoms with Gasteiger partial charge in [0.2, 0.25) is 0 Å². The van der Waals surface area contributed by atoms with Crippen molar-refractivity contribution < 1.29 is 5.11 Å². The maximum absolute atomic E-state index is 9.43. The third-order valence-electron chi connectivity index (χ3n) is 2.82. The lowest BCUT2D eigenvalue weighted by molar-refractivity contribution is 0.128. The van der Waals surface area contributed by atoms with Crippen LogP contribution in [0, 0.1) is 5.41 Å². The van der Waals surface area contributed by atoms with Gasteiger partial charge in [0.05, 0.1) is 16.8 Å². The lowest BCUT2D eigenvalue weighted by atomic mass is 9.87. The van der Waals surface area contributed by atoms with Crippen LogP contribution >= 0.6 is 11.3 Å². The van der Waals surface area contributed by atoms with Gasteiger partial charge in [-0.15, -0.1) is 11.3 Å². The van der Waals surface area contributed by atoms with Gasteiger partial charge in [0, 0.05) is 24.4 Å². The van der Waals surface area contributed by atoms with E-state index in [-0.39, 0.29) is 11.5 Å². The summed E-state index contributed by atoms with van der Waals surface area (Å²) in [5, 5.41) is 16.2. The van der Waals surface area contributed by atoms with Gasteiger partial charge in [-0.3, -0.25) is 0 Å². The Morgan fingerprint density at radius 3 is 2.56 bits per heavy atom. The molecule has 0 aliphatic carbocycles. The van der Waals surface area contributed by atoms with Crippen LogP contribution in [0.25, 0.3) is 0 Å². The van der Waals surface area contributed by atoms with E-state index in [1.807, 2.05) is 6.92 Å². The normalized spacial score (nSPS) is 14.2. The van der Waals surface area contributed by atoms with E-state index >= 15 is 0 Å². The Hall–Kier alpha value is -0.450. The van der Waals surface area contributed by atoms with Gasteiger partial charge in [0.25, 0.3) is 0 Å². The first-order chi connectivity index (χ1) is 8.30. The van der Waals surface area contributed by atoms with E-state index in [9.17, 15) is 5.11 Å². The van der Waals surface area contributed by atoms with E-state index in [0.717, 1.165) is 25.2 Å². The molecule has 0 aliphatic rings. The third kappa shape index (κ3) is 5.46. The first-order valence-corrected chi connectivity index (χ1v) is 7.51. The second-order valence-electron chi connectivity index (χ2n) is 6.15. The molecule has 1 atom stereocenters. The van der Waals surface area contributed by atoms with Crippen LogP contribution in [0.1, 0.15) is 57.7 Å². The summed E-state index contributed by atoms with van der Waals surface area (Å²) in [4.78, 5) is 4.60. The molecule has 0 fully saturated rings. The summed E-state index contributed by atoms with van der Waals surface area (Å²) in [6.07, 6.45) is 0.572. The molecule has 104 valence electrons. The van der Waals surface area contributed by atoms with Gasteiger partial charge in [0.1, 0.15) is 0 Å². The minimum Gasteiger partial charge on any atom is -0.393 e. The zero-order valence-electron chi connectivity index (χ0n) is 12.2. The second-order valence-corrected chi connectivity index (χ2v) is 7.04. The van der Waals surface area contributed by atoms with Gasteiger partial charge in [-0.1, -0.05) is 27.7 Å². The average molecular weight is 270 g/mol. The summed E-state index contributed by atoms with van der Waals surface area (Å²) < 4.78 is 0. The highest BCUT2D eigenvalue weighted by molar-refractivity contribution is 7.09.